The summed E-state index contributed by atoms with van der Waals surface area (Å²) in [6.45, 7) is 2.09. The first-order valence-corrected chi connectivity index (χ1v) is 8.61. The lowest BCUT2D eigenvalue weighted by Crippen LogP contribution is -2.32. The van der Waals surface area contributed by atoms with E-state index in [-0.39, 0.29) is 5.75 Å². The second kappa shape index (κ2) is 5.77. The highest BCUT2D eigenvalue weighted by Gasteiger charge is 2.38. The molecule has 3 rings (SSSR count). The van der Waals surface area contributed by atoms with Crippen LogP contribution in [-0.4, -0.2) is 29.4 Å². The van der Waals surface area contributed by atoms with Gasteiger partial charge in [-0.1, -0.05) is 17.3 Å². The fourth-order valence-corrected chi connectivity index (χ4v) is 4.45. The quantitative estimate of drug-likeness (QED) is 0.861. The van der Waals surface area contributed by atoms with E-state index in [1.165, 1.54) is 22.5 Å². The van der Waals surface area contributed by atoms with Gasteiger partial charge in [0.1, 0.15) is 11.9 Å². The van der Waals surface area contributed by atoms with E-state index in [0.717, 1.165) is 6.42 Å². The average molecular weight is 325 g/mol. The molecule has 118 valence electrons. The van der Waals surface area contributed by atoms with Crippen molar-refractivity contribution in [3.63, 3.8) is 0 Å². The van der Waals surface area contributed by atoms with E-state index in [2.05, 4.69) is 10.1 Å². The molecule has 0 aliphatic carbocycles. The summed E-state index contributed by atoms with van der Waals surface area (Å²) in [6, 6.07) is 5.20. The Morgan fingerprint density at radius 2 is 2.27 bits per heavy atom. The number of hydrogen-bond donors (Lipinski definition) is 0. The van der Waals surface area contributed by atoms with Crippen LogP contribution in [0.15, 0.2) is 28.8 Å². The van der Waals surface area contributed by atoms with Crippen LogP contribution in [0.2, 0.25) is 0 Å². The Labute approximate surface area is 128 Å². The third-order valence-corrected chi connectivity index (χ3v) is 5.48. The fourth-order valence-electron chi connectivity index (χ4n) is 2.69. The first-order valence-electron chi connectivity index (χ1n) is 7.00. The highest BCUT2D eigenvalue weighted by Crippen LogP contribution is 2.34. The van der Waals surface area contributed by atoms with E-state index in [0.29, 0.717) is 30.2 Å². The summed E-state index contributed by atoms with van der Waals surface area (Å²) in [5.41, 5.74) is 0.423. The minimum absolute atomic E-state index is 0.242. The van der Waals surface area contributed by atoms with Crippen molar-refractivity contribution < 1.29 is 17.3 Å². The molecular weight excluding hydrogens is 309 g/mol. The van der Waals surface area contributed by atoms with Crippen molar-refractivity contribution in [3.8, 4) is 0 Å². The summed E-state index contributed by atoms with van der Waals surface area (Å²) in [5, 5.41) is 3.72. The Kier molecular flexibility index (Phi) is 3.96. The zero-order chi connectivity index (χ0) is 15.7. The predicted octanol–water partition coefficient (Wildman–Crippen LogP) is 2.18. The van der Waals surface area contributed by atoms with Crippen molar-refractivity contribution in [2.45, 2.75) is 31.6 Å². The Hall–Kier alpha value is -1.80. The van der Waals surface area contributed by atoms with Gasteiger partial charge >= 0.3 is 0 Å². The number of benzene rings is 1. The molecule has 1 atom stereocenters. The fraction of sp³-hybridized carbons (Fsp3) is 0.429. The molecular formula is C14H16FN3O3S. The van der Waals surface area contributed by atoms with Gasteiger partial charge < -0.3 is 4.52 Å². The van der Waals surface area contributed by atoms with Gasteiger partial charge in [0.05, 0.1) is 5.75 Å². The zero-order valence-electron chi connectivity index (χ0n) is 12.1. The first kappa shape index (κ1) is 15.1. The van der Waals surface area contributed by atoms with Crippen molar-refractivity contribution in [1.29, 1.82) is 0 Å². The molecule has 1 aliphatic rings. The van der Waals surface area contributed by atoms with Gasteiger partial charge in [-0.05, 0) is 37.5 Å². The van der Waals surface area contributed by atoms with Crippen molar-refractivity contribution in [2.24, 2.45) is 0 Å². The Morgan fingerprint density at radius 1 is 1.45 bits per heavy atom. The van der Waals surface area contributed by atoms with Crippen molar-refractivity contribution >= 4 is 10.0 Å². The lowest BCUT2D eigenvalue weighted by molar-refractivity contribution is 0.289. The molecule has 0 radical (unpaired) electrons. The van der Waals surface area contributed by atoms with E-state index in [1.54, 1.807) is 13.0 Å². The van der Waals surface area contributed by atoms with Crippen molar-refractivity contribution in [1.82, 2.24) is 14.4 Å². The molecule has 6 nitrogen and oxygen atoms in total. The van der Waals surface area contributed by atoms with Crippen LogP contribution < -0.4 is 0 Å². The van der Waals surface area contributed by atoms with E-state index in [4.69, 9.17) is 4.52 Å². The summed E-state index contributed by atoms with van der Waals surface area (Å²) in [5.74, 6) is 0.106. The minimum atomic E-state index is -3.58. The molecule has 0 amide bonds. The third kappa shape index (κ3) is 3.02. The van der Waals surface area contributed by atoms with Crippen LogP contribution >= 0.6 is 0 Å². The maximum absolute atomic E-state index is 13.2. The Bertz CT molecular complexity index is 775. The second-order valence-corrected chi connectivity index (χ2v) is 7.26. The molecule has 0 N–H and O–H groups in total. The lowest BCUT2D eigenvalue weighted by Gasteiger charge is -2.21. The average Bonchev–Trinajstić information content (AvgIpc) is 3.06. The van der Waals surface area contributed by atoms with Crippen molar-refractivity contribution in [3.05, 3.63) is 47.4 Å². The molecule has 0 saturated carbocycles. The van der Waals surface area contributed by atoms with E-state index < -0.39 is 21.9 Å². The number of aryl methyl sites for hydroxylation is 1. The minimum Gasteiger partial charge on any atom is -0.338 e. The second-order valence-electron chi connectivity index (χ2n) is 5.33. The molecule has 22 heavy (non-hydrogen) atoms. The summed E-state index contributed by atoms with van der Waals surface area (Å²) in [7, 11) is -3.58. The lowest BCUT2D eigenvalue weighted by atomic mass is 10.2. The maximum atomic E-state index is 13.2. The molecule has 1 aromatic carbocycles. The Morgan fingerprint density at radius 3 is 2.95 bits per heavy atom. The topological polar surface area (TPSA) is 76.3 Å². The number of aromatic nitrogens is 2. The molecule has 8 heteroatoms. The van der Waals surface area contributed by atoms with Crippen molar-refractivity contribution in [2.75, 3.05) is 6.54 Å². The molecule has 1 aromatic heterocycles. The van der Waals surface area contributed by atoms with Gasteiger partial charge in [-0.15, -0.1) is 0 Å². The molecule has 2 heterocycles. The highest BCUT2D eigenvalue weighted by atomic mass is 32.2. The van der Waals surface area contributed by atoms with E-state index >= 15 is 0 Å². The number of sulfonamides is 1. The van der Waals surface area contributed by atoms with Crippen LogP contribution in [0, 0.1) is 12.7 Å². The monoisotopic (exact) mass is 325 g/mol. The van der Waals surface area contributed by atoms with Gasteiger partial charge in [-0.3, -0.25) is 0 Å². The van der Waals surface area contributed by atoms with Crippen LogP contribution in [0.1, 0.15) is 36.2 Å². The van der Waals surface area contributed by atoms with Crippen LogP contribution in [0.5, 0.6) is 0 Å². The standard InChI is InChI=1S/C14H16FN3O3S/c1-10-16-14(21-17-10)13-6-3-7-18(13)22(19,20)9-11-4-2-5-12(15)8-11/h2,4-5,8,13H,3,6-7,9H2,1H3. The van der Waals surface area contributed by atoms with E-state index in [1.807, 2.05) is 0 Å². The molecule has 1 fully saturated rings. The SMILES string of the molecule is Cc1noc(C2CCCN2S(=O)(=O)Cc2cccc(F)c2)n1. The largest absolute Gasteiger partial charge is 0.338 e. The van der Waals surface area contributed by atoms with Crippen LogP contribution in [0.25, 0.3) is 0 Å². The van der Waals surface area contributed by atoms with Gasteiger partial charge in [0, 0.05) is 6.54 Å². The van der Waals surface area contributed by atoms with Crippen LogP contribution in [0.3, 0.4) is 0 Å². The summed E-state index contributed by atoms with van der Waals surface area (Å²) in [6.07, 6.45) is 1.37. The first-order chi connectivity index (χ1) is 10.5. The number of halogens is 1. The predicted molar refractivity (Wildman–Crippen MR) is 76.7 cm³/mol. The summed E-state index contributed by atoms with van der Waals surface area (Å²) >= 11 is 0. The highest BCUT2D eigenvalue weighted by molar-refractivity contribution is 7.88. The summed E-state index contributed by atoms with van der Waals surface area (Å²) < 4.78 is 45.0. The zero-order valence-corrected chi connectivity index (χ0v) is 12.9. The molecule has 0 spiro atoms. The van der Waals surface area contributed by atoms with Gasteiger partial charge in [0.25, 0.3) is 0 Å². The molecule has 1 saturated heterocycles. The smallest absolute Gasteiger partial charge is 0.245 e. The number of hydrogen-bond acceptors (Lipinski definition) is 5. The van der Waals surface area contributed by atoms with E-state index in [9.17, 15) is 12.8 Å². The van der Waals surface area contributed by atoms with Crippen LogP contribution in [0.4, 0.5) is 4.39 Å². The number of rotatable bonds is 4. The summed E-state index contributed by atoms with van der Waals surface area (Å²) in [4.78, 5) is 4.13. The van der Waals surface area contributed by atoms with Gasteiger partial charge in [0.2, 0.25) is 15.9 Å². The maximum Gasteiger partial charge on any atom is 0.245 e. The van der Waals surface area contributed by atoms with Gasteiger partial charge in [0.15, 0.2) is 5.82 Å². The Balaban J connectivity index is 1.84. The third-order valence-electron chi connectivity index (χ3n) is 3.63. The molecule has 2 aromatic rings. The van der Waals surface area contributed by atoms with Gasteiger partial charge in [-0.2, -0.15) is 9.29 Å². The number of nitrogens with zero attached hydrogens (tertiary/aromatic N) is 3. The van der Waals surface area contributed by atoms with Gasteiger partial charge in [-0.25, -0.2) is 12.8 Å². The normalized spacial score (nSPS) is 19.6. The molecule has 1 unspecified atom stereocenters. The molecule has 0 bridgehead atoms. The van der Waals surface area contributed by atoms with Crippen LogP contribution in [-0.2, 0) is 15.8 Å². The molecule has 1 aliphatic heterocycles.